The summed E-state index contributed by atoms with van der Waals surface area (Å²) in [5.41, 5.74) is 1.97. The normalized spacial score (nSPS) is 11.3. The first-order chi connectivity index (χ1) is 11.6. The van der Waals surface area contributed by atoms with Crippen LogP contribution in [-0.4, -0.2) is 19.9 Å². The second-order valence-corrected chi connectivity index (χ2v) is 5.56. The third-order valence-electron chi connectivity index (χ3n) is 3.55. The predicted octanol–water partition coefficient (Wildman–Crippen LogP) is 3.91. The molecule has 1 N–H and O–H groups in total. The summed E-state index contributed by atoms with van der Waals surface area (Å²) in [6.45, 7) is 0. The molecule has 3 rings (SSSR count). The highest BCUT2D eigenvalue weighted by Crippen LogP contribution is 2.26. The molecule has 0 saturated carbocycles. The zero-order valence-corrected chi connectivity index (χ0v) is 13.6. The lowest BCUT2D eigenvalue weighted by Crippen LogP contribution is -1.98. The third kappa shape index (κ3) is 3.00. The van der Waals surface area contributed by atoms with E-state index in [1.165, 1.54) is 6.07 Å². The van der Waals surface area contributed by atoms with Crippen molar-refractivity contribution in [3.63, 3.8) is 0 Å². The van der Waals surface area contributed by atoms with Crippen molar-refractivity contribution < 1.29 is 5.11 Å². The molecule has 6 heteroatoms. The Morgan fingerprint density at radius 1 is 1.21 bits per heavy atom. The van der Waals surface area contributed by atoms with E-state index in [1.807, 2.05) is 37.4 Å². The van der Waals surface area contributed by atoms with E-state index in [9.17, 15) is 10.4 Å². The quantitative estimate of drug-likeness (QED) is 0.736. The van der Waals surface area contributed by atoms with E-state index in [0.717, 1.165) is 5.56 Å². The van der Waals surface area contributed by atoms with Crippen molar-refractivity contribution in [2.24, 2.45) is 7.05 Å². The Bertz CT molecular complexity index is 955. The van der Waals surface area contributed by atoms with E-state index in [2.05, 4.69) is 16.3 Å². The summed E-state index contributed by atoms with van der Waals surface area (Å²) in [7, 11) is 1.81. The van der Waals surface area contributed by atoms with Crippen LogP contribution in [0.1, 0.15) is 11.4 Å². The Kier molecular flexibility index (Phi) is 4.32. The Morgan fingerprint density at radius 3 is 2.62 bits per heavy atom. The highest BCUT2D eigenvalue weighted by Gasteiger charge is 2.14. The Hall–Kier alpha value is -3.10. The number of phenolic OH excluding ortho intramolecular Hbond substituents is 1. The molecule has 5 nitrogen and oxygen atoms in total. The summed E-state index contributed by atoms with van der Waals surface area (Å²) >= 11 is 5.91. The van der Waals surface area contributed by atoms with Crippen LogP contribution >= 0.6 is 11.6 Å². The van der Waals surface area contributed by atoms with E-state index in [0.29, 0.717) is 22.8 Å². The van der Waals surface area contributed by atoms with E-state index in [-0.39, 0.29) is 10.8 Å². The summed E-state index contributed by atoms with van der Waals surface area (Å²) in [5, 5.41) is 27.5. The van der Waals surface area contributed by atoms with Crippen LogP contribution in [-0.2, 0) is 7.05 Å². The molecule has 2 aromatic carbocycles. The van der Waals surface area contributed by atoms with Gasteiger partial charge in [-0.15, -0.1) is 10.2 Å². The van der Waals surface area contributed by atoms with E-state index in [1.54, 1.807) is 22.8 Å². The Balaban J connectivity index is 2.03. The molecule has 118 valence electrons. The summed E-state index contributed by atoms with van der Waals surface area (Å²) in [6, 6.07) is 16.5. The van der Waals surface area contributed by atoms with Crippen LogP contribution in [0.5, 0.6) is 5.75 Å². The van der Waals surface area contributed by atoms with Gasteiger partial charge in [-0.3, -0.25) is 0 Å². The maximum absolute atomic E-state index is 9.49. The van der Waals surface area contributed by atoms with Crippen molar-refractivity contribution in [2.45, 2.75) is 0 Å². The van der Waals surface area contributed by atoms with Gasteiger partial charge in [0.15, 0.2) is 11.6 Å². The number of nitrogens with zero attached hydrogens (tertiary/aromatic N) is 4. The number of halogens is 1. The SMILES string of the molecule is Cn1c(C(C#N)=Cc2ccc(O)c(Cl)c2)nnc1-c1ccccc1. The zero-order chi connectivity index (χ0) is 17.1. The number of phenols is 1. The molecule has 0 aliphatic rings. The number of rotatable bonds is 3. The predicted molar refractivity (Wildman–Crippen MR) is 93.0 cm³/mol. The molecule has 24 heavy (non-hydrogen) atoms. The minimum absolute atomic E-state index is 0.00246. The second-order valence-electron chi connectivity index (χ2n) is 5.15. The van der Waals surface area contributed by atoms with Crippen LogP contribution in [0, 0.1) is 11.3 Å². The minimum atomic E-state index is -0.00246. The first-order valence-corrected chi connectivity index (χ1v) is 7.53. The number of aromatic hydroxyl groups is 1. The third-order valence-corrected chi connectivity index (χ3v) is 3.85. The van der Waals surface area contributed by atoms with Gasteiger partial charge in [0.05, 0.1) is 10.6 Å². The molecule has 0 atom stereocenters. The second kappa shape index (κ2) is 6.57. The monoisotopic (exact) mass is 336 g/mol. The molecule has 1 heterocycles. The molecule has 0 radical (unpaired) electrons. The number of nitriles is 1. The topological polar surface area (TPSA) is 74.7 Å². The van der Waals surface area contributed by atoms with Crippen LogP contribution in [0.3, 0.4) is 0 Å². The molecule has 0 aliphatic heterocycles. The molecule has 0 amide bonds. The summed E-state index contributed by atoms with van der Waals surface area (Å²) in [5.74, 6) is 1.13. The van der Waals surface area contributed by atoms with Crippen LogP contribution in [0.4, 0.5) is 0 Å². The molecule has 1 aromatic heterocycles. The van der Waals surface area contributed by atoms with E-state index >= 15 is 0 Å². The summed E-state index contributed by atoms with van der Waals surface area (Å²) in [6.07, 6.45) is 1.66. The Labute approximate surface area is 144 Å². The molecule has 3 aromatic rings. The highest BCUT2D eigenvalue weighted by atomic mass is 35.5. The lowest BCUT2D eigenvalue weighted by atomic mass is 10.1. The van der Waals surface area contributed by atoms with Crippen molar-refractivity contribution in [3.05, 3.63) is 64.9 Å². The van der Waals surface area contributed by atoms with E-state index < -0.39 is 0 Å². The number of hydrogen-bond acceptors (Lipinski definition) is 4. The average molecular weight is 337 g/mol. The fraction of sp³-hybridized carbons (Fsp3) is 0.0556. The van der Waals surface area contributed by atoms with Crippen molar-refractivity contribution in [1.29, 1.82) is 5.26 Å². The summed E-state index contributed by atoms with van der Waals surface area (Å²) in [4.78, 5) is 0. The fourth-order valence-electron chi connectivity index (χ4n) is 2.33. The first kappa shape index (κ1) is 15.8. The van der Waals surface area contributed by atoms with E-state index in [4.69, 9.17) is 11.6 Å². The van der Waals surface area contributed by atoms with Crippen molar-refractivity contribution in [1.82, 2.24) is 14.8 Å². The maximum atomic E-state index is 9.49. The van der Waals surface area contributed by atoms with Crippen LogP contribution in [0.15, 0.2) is 48.5 Å². The van der Waals surface area contributed by atoms with Gasteiger partial charge in [0.2, 0.25) is 0 Å². The van der Waals surface area contributed by atoms with Crippen molar-refractivity contribution >= 4 is 23.3 Å². The van der Waals surface area contributed by atoms with Gasteiger partial charge in [-0.1, -0.05) is 48.0 Å². The van der Waals surface area contributed by atoms with Crippen LogP contribution in [0.25, 0.3) is 23.0 Å². The zero-order valence-electron chi connectivity index (χ0n) is 12.8. The molecule has 0 fully saturated rings. The standard InChI is InChI=1S/C18H13ClN4O/c1-23-17(13-5-3-2-4-6-13)21-22-18(23)14(11-20)9-12-7-8-16(24)15(19)10-12/h2-10,24H,1H3. The van der Waals surface area contributed by atoms with Gasteiger partial charge in [0.1, 0.15) is 11.8 Å². The summed E-state index contributed by atoms with van der Waals surface area (Å²) < 4.78 is 1.77. The van der Waals surface area contributed by atoms with Gasteiger partial charge < -0.3 is 9.67 Å². The molecule has 0 spiro atoms. The smallest absolute Gasteiger partial charge is 0.174 e. The van der Waals surface area contributed by atoms with Gasteiger partial charge in [-0.05, 0) is 23.8 Å². The average Bonchev–Trinajstić information content (AvgIpc) is 2.98. The van der Waals surface area contributed by atoms with Crippen LogP contribution in [0.2, 0.25) is 5.02 Å². The maximum Gasteiger partial charge on any atom is 0.174 e. The van der Waals surface area contributed by atoms with Gasteiger partial charge in [0, 0.05) is 12.6 Å². The van der Waals surface area contributed by atoms with Gasteiger partial charge in [-0.25, -0.2) is 0 Å². The molecule has 0 bridgehead atoms. The van der Waals surface area contributed by atoms with Gasteiger partial charge >= 0.3 is 0 Å². The lowest BCUT2D eigenvalue weighted by molar-refractivity contribution is 0.475. The largest absolute Gasteiger partial charge is 0.506 e. The molecule has 0 saturated heterocycles. The van der Waals surface area contributed by atoms with Crippen molar-refractivity contribution in [3.8, 4) is 23.2 Å². The number of aromatic nitrogens is 3. The van der Waals surface area contributed by atoms with Crippen molar-refractivity contribution in [2.75, 3.05) is 0 Å². The van der Waals surface area contributed by atoms with Gasteiger partial charge in [0.25, 0.3) is 0 Å². The molecule has 0 aliphatic carbocycles. The number of hydrogen-bond donors (Lipinski definition) is 1. The van der Waals surface area contributed by atoms with Gasteiger partial charge in [-0.2, -0.15) is 5.26 Å². The molecular formula is C18H13ClN4O. The minimum Gasteiger partial charge on any atom is -0.506 e. The highest BCUT2D eigenvalue weighted by molar-refractivity contribution is 6.32. The number of allylic oxidation sites excluding steroid dienone is 1. The van der Waals surface area contributed by atoms with Crippen LogP contribution < -0.4 is 0 Å². The fourth-order valence-corrected chi connectivity index (χ4v) is 2.52. The number of benzene rings is 2. The Morgan fingerprint density at radius 2 is 1.96 bits per heavy atom. The first-order valence-electron chi connectivity index (χ1n) is 7.15. The molecule has 0 unspecified atom stereocenters. The molecular weight excluding hydrogens is 324 g/mol. The lowest BCUT2D eigenvalue weighted by Gasteiger charge is -2.04.